The molecule has 0 saturated heterocycles. The minimum absolute atomic E-state index is 0.229. The number of methoxy groups -OCH3 is 1. The molecule has 0 spiro atoms. The van der Waals surface area contributed by atoms with Crippen molar-refractivity contribution in [2.75, 3.05) is 33.7 Å². The quantitative estimate of drug-likeness (QED) is 0.231. The number of allylic oxidation sites excluding steroid dienone is 1. The van der Waals surface area contributed by atoms with Crippen LogP contribution in [0.4, 0.5) is 0 Å². The summed E-state index contributed by atoms with van der Waals surface area (Å²) in [5.41, 5.74) is 0. The van der Waals surface area contributed by atoms with Crippen molar-refractivity contribution in [3.8, 4) is 0 Å². The zero-order valence-corrected chi connectivity index (χ0v) is 7.19. The molecule has 0 fully saturated rings. The second kappa shape index (κ2) is 10.3. The zero-order chi connectivity index (χ0) is 9.07. The molecule has 0 unspecified atom stereocenters. The summed E-state index contributed by atoms with van der Waals surface area (Å²) < 4.78 is 14.7. The summed E-state index contributed by atoms with van der Waals surface area (Å²) >= 11 is 0. The van der Waals surface area contributed by atoms with Crippen LogP contribution in [0.2, 0.25) is 0 Å². The molecule has 0 aromatic carbocycles. The molecule has 0 radical (unpaired) electrons. The number of ether oxygens (including phenoxy) is 3. The minimum Gasteiger partial charge on any atom is -0.382 e. The van der Waals surface area contributed by atoms with Gasteiger partial charge >= 0.3 is 0 Å². The Morgan fingerprint density at radius 1 is 1.25 bits per heavy atom. The van der Waals surface area contributed by atoms with Crippen LogP contribution in [0.5, 0.6) is 0 Å². The van der Waals surface area contributed by atoms with E-state index in [0.29, 0.717) is 26.1 Å². The van der Waals surface area contributed by atoms with Crippen LogP contribution in [0.3, 0.4) is 0 Å². The fourth-order valence-corrected chi connectivity index (χ4v) is 0.487. The van der Waals surface area contributed by atoms with Crippen LogP contribution < -0.4 is 0 Å². The lowest BCUT2D eigenvalue weighted by atomic mass is 10.5. The lowest BCUT2D eigenvalue weighted by Crippen LogP contribution is -2.05. The average Bonchev–Trinajstić information content (AvgIpc) is 2.10. The predicted octanol–water partition coefficient (Wildman–Crippen LogP) is 0.379. The average molecular weight is 174 g/mol. The number of carbonyl (C=O) groups is 1. The van der Waals surface area contributed by atoms with Gasteiger partial charge in [0.05, 0.1) is 19.8 Å². The summed E-state index contributed by atoms with van der Waals surface area (Å²) in [5, 5.41) is 0. The van der Waals surface area contributed by atoms with Crippen molar-refractivity contribution in [1.29, 1.82) is 0 Å². The lowest BCUT2D eigenvalue weighted by Gasteiger charge is -2.02. The molecule has 0 aliphatic carbocycles. The van der Waals surface area contributed by atoms with E-state index in [2.05, 4.69) is 0 Å². The number of hydrogen-bond acceptors (Lipinski definition) is 4. The molecule has 0 aromatic heterocycles. The Labute approximate surface area is 72.1 Å². The molecule has 4 heteroatoms. The van der Waals surface area contributed by atoms with E-state index in [1.54, 1.807) is 13.2 Å². The van der Waals surface area contributed by atoms with E-state index in [1.807, 2.05) is 0 Å². The first-order valence-electron chi connectivity index (χ1n) is 3.66. The van der Waals surface area contributed by atoms with Crippen molar-refractivity contribution in [2.45, 2.75) is 0 Å². The minimum atomic E-state index is 0.229. The molecule has 70 valence electrons. The van der Waals surface area contributed by atoms with Gasteiger partial charge in [0, 0.05) is 7.11 Å². The fourth-order valence-electron chi connectivity index (χ4n) is 0.487. The van der Waals surface area contributed by atoms with Crippen molar-refractivity contribution in [2.24, 2.45) is 0 Å². The highest BCUT2D eigenvalue weighted by Gasteiger charge is 1.85. The van der Waals surface area contributed by atoms with E-state index in [0.717, 1.165) is 0 Å². The third-order valence-corrected chi connectivity index (χ3v) is 1.03. The standard InChI is InChI=1S/C8H14O4/c1-10-6-7-12-8-11-5-3-2-4-9/h2-4H,5-8H2,1H3/b3-2+. The van der Waals surface area contributed by atoms with Crippen LogP contribution >= 0.6 is 0 Å². The van der Waals surface area contributed by atoms with Crippen molar-refractivity contribution in [1.82, 2.24) is 0 Å². The molecule has 0 aliphatic heterocycles. The van der Waals surface area contributed by atoms with Gasteiger partial charge in [-0.3, -0.25) is 4.79 Å². The molecule has 0 aromatic rings. The molecule has 0 amide bonds. The van der Waals surface area contributed by atoms with Gasteiger partial charge in [-0.2, -0.15) is 0 Å². The number of aldehydes is 1. The number of rotatable bonds is 8. The fraction of sp³-hybridized carbons (Fsp3) is 0.625. The van der Waals surface area contributed by atoms with E-state index in [1.165, 1.54) is 6.08 Å². The van der Waals surface area contributed by atoms with Gasteiger partial charge in [-0.05, 0) is 6.08 Å². The molecule has 0 N–H and O–H groups in total. The van der Waals surface area contributed by atoms with Crippen LogP contribution in [-0.2, 0) is 19.0 Å². The number of hydrogen-bond donors (Lipinski definition) is 0. The molecule has 4 nitrogen and oxygen atoms in total. The Balaban J connectivity index is 2.90. The van der Waals surface area contributed by atoms with Crippen molar-refractivity contribution in [3.05, 3.63) is 12.2 Å². The Morgan fingerprint density at radius 2 is 2.08 bits per heavy atom. The van der Waals surface area contributed by atoms with Gasteiger partial charge in [-0.1, -0.05) is 6.08 Å². The molecule has 0 aliphatic rings. The molecular weight excluding hydrogens is 160 g/mol. The van der Waals surface area contributed by atoms with Gasteiger partial charge in [0.1, 0.15) is 13.1 Å². The Hall–Kier alpha value is -0.710. The van der Waals surface area contributed by atoms with Gasteiger partial charge in [0.2, 0.25) is 0 Å². The SMILES string of the molecule is COCCOCOC/C=C/C=O. The summed E-state index contributed by atoms with van der Waals surface area (Å²) in [6.07, 6.45) is 3.71. The van der Waals surface area contributed by atoms with Crippen molar-refractivity contribution in [3.63, 3.8) is 0 Å². The van der Waals surface area contributed by atoms with Gasteiger partial charge in [0.25, 0.3) is 0 Å². The predicted molar refractivity (Wildman–Crippen MR) is 43.9 cm³/mol. The Kier molecular flexibility index (Phi) is 9.68. The second-order valence-corrected chi connectivity index (χ2v) is 1.95. The maximum absolute atomic E-state index is 9.79. The number of carbonyl (C=O) groups excluding carboxylic acids is 1. The van der Waals surface area contributed by atoms with Gasteiger partial charge in [-0.25, -0.2) is 0 Å². The molecule has 0 heterocycles. The monoisotopic (exact) mass is 174 g/mol. The van der Waals surface area contributed by atoms with Gasteiger partial charge in [-0.15, -0.1) is 0 Å². The van der Waals surface area contributed by atoms with Crippen LogP contribution in [-0.4, -0.2) is 40.0 Å². The zero-order valence-electron chi connectivity index (χ0n) is 7.19. The van der Waals surface area contributed by atoms with E-state index < -0.39 is 0 Å². The molecular formula is C8H14O4. The normalized spacial score (nSPS) is 10.8. The van der Waals surface area contributed by atoms with E-state index in [9.17, 15) is 4.79 Å². The first-order valence-corrected chi connectivity index (χ1v) is 3.66. The van der Waals surface area contributed by atoms with Crippen LogP contribution in [0.1, 0.15) is 0 Å². The van der Waals surface area contributed by atoms with Crippen molar-refractivity contribution >= 4 is 6.29 Å². The van der Waals surface area contributed by atoms with Gasteiger partial charge < -0.3 is 14.2 Å². The van der Waals surface area contributed by atoms with E-state index in [4.69, 9.17) is 14.2 Å². The summed E-state index contributed by atoms with van der Waals surface area (Å²) in [7, 11) is 1.61. The highest BCUT2D eigenvalue weighted by Crippen LogP contribution is 1.80. The summed E-state index contributed by atoms with van der Waals surface area (Å²) in [4.78, 5) is 9.79. The van der Waals surface area contributed by atoms with Crippen molar-refractivity contribution < 1.29 is 19.0 Å². The molecule has 12 heavy (non-hydrogen) atoms. The topological polar surface area (TPSA) is 44.8 Å². The lowest BCUT2D eigenvalue weighted by molar-refractivity contribution is -0.104. The van der Waals surface area contributed by atoms with Gasteiger partial charge in [0.15, 0.2) is 0 Å². The van der Waals surface area contributed by atoms with E-state index in [-0.39, 0.29) is 6.79 Å². The van der Waals surface area contributed by atoms with E-state index >= 15 is 0 Å². The highest BCUT2D eigenvalue weighted by atomic mass is 16.7. The molecule has 0 rings (SSSR count). The summed E-state index contributed by atoms with van der Waals surface area (Å²) in [5.74, 6) is 0. The largest absolute Gasteiger partial charge is 0.382 e. The Morgan fingerprint density at radius 3 is 2.75 bits per heavy atom. The smallest absolute Gasteiger partial charge is 0.147 e. The first-order chi connectivity index (χ1) is 5.91. The van der Waals surface area contributed by atoms with Crippen LogP contribution in [0, 0.1) is 0 Å². The van der Waals surface area contributed by atoms with Crippen LogP contribution in [0.15, 0.2) is 12.2 Å². The summed E-state index contributed by atoms with van der Waals surface area (Å²) in [6, 6.07) is 0. The molecule has 0 atom stereocenters. The highest BCUT2D eigenvalue weighted by molar-refractivity contribution is 5.64. The Bertz CT molecular complexity index is 122. The second-order valence-electron chi connectivity index (χ2n) is 1.95. The maximum Gasteiger partial charge on any atom is 0.147 e. The molecule has 0 bridgehead atoms. The third-order valence-electron chi connectivity index (χ3n) is 1.03. The summed E-state index contributed by atoms with van der Waals surface area (Å²) in [6.45, 7) is 1.71. The molecule has 0 saturated carbocycles. The first kappa shape index (κ1) is 11.3. The third kappa shape index (κ3) is 9.29. The van der Waals surface area contributed by atoms with Crippen LogP contribution in [0.25, 0.3) is 0 Å². The maximum atomic E-state index is 9.79.